The predicted molar refractivity (Wildman–Crippen MR) is 88.3 cm³/mol. The van der Waals surface area contributed by atoms with E-state index in [1.165, 1.54) is 7.11 Å². The Morgan fingerprint density at radius 2 is 1.91 bits per heavy atom. The average molecular weight is 379 g/mol. The number of hydrogen-bond acceptors (Lipinski definition) is 5. The molecule has 0 heterocycles. The van der Waals surface area contributed by atoms with E-state index in [9.17, 15) is 9.59 Å². The molecule has 0 saturated heterocycles. The van der Waals surface area contributed by atoms with Crippen molar-refractivity contribution in [2.24, 2.45) is 0 Å². The van der Waals surface area contributed by atoms with E-state index in [-0.39, 0.29) is 13.2 Å². The van der Waals surface area contributed by atoms with Crippen molar-refractivity contribution in [3.8, 4) is 11.5 Å². The van der Waals surface area contributed by atoms with Gasteiger partial charge in [0.15, 0.2) is 6.29 Å². The molecule has 0 N–H and O–H groups in total. The second-order valence-electron chi connectivity index (χ2n) is 4.52. The molecular weight excluding hydrogens is 364 g/mol. The fourth-order valence-corrected chi connectivity index (χ4v) is 2.26. The fourth-order valence-electron chi connectivity index (χ4n) is 1.88. The largest absolute Gasteiger partial charge is 0.490 e. The van der Waals surface area contributed by atoms with E-state index in [4.69, 9.17) is 9.47 Å². The highest BCUT2D eigenvalue weighted by Gasteiger charge is 2.07. The van der Waals surface area contributed by atoms with E-state index in [1.807, 2.05) is 0 Å². The Morgan fingerprint density at radius 3 is 2.65 bits per heavy atom. The summed E-state index contributed by atoms with van der Waals surface area (Å²) in [6.45, 7) is 0.546. The van der Waals surface area contributed by atoms with Crippen LogP contribution in [0, 0.1) is 0 Å². The minimum atomic E-state index is -0.419. The molecule has 6 heteroatoms. The van der Waals surface area contributed by atoms with Crippen LogP contribution in [0.4, 0.5) is 0 Å². The Labute approximate surface area is 142 Å². The summed E-state index contributed by atoms with van der Waals surface area (Å²) in [6, 6.07) is 11.9. The van der Waals surface area contributed by atoms with Crippen molar-refractivity contribution in [1.82, 2.24) is 0 Å². The summed E-state index contributed by atoms with van der Waals surface area (Å²) in [7, 11) is 1.33. The molecule has 2 rings (SSSR count). The number of benzene rings is 2. The molecule has 0 amide bonds. The van der Waals surface area contributed by atoms with Gasteiger partial charge >= 0.3 is 5.97 Å². The van der Waals surface area contributed by atoms with Crippen molar-refractivity contribution in [1.29, 1.82) is 0 Å². The maximum absolute atomic E-state index is 11.4. The smallest absolute Gasteiger partial charge is 0.337 e. The quantitative estimate of drug-likeness (QED) is 0.419. The molecule has 2 aromatic carbocycles. The molecule has 120 valence electrons. The summed E-state index contributed by atoms with van der Waals surface area (Å²) in [4.78, 5) is 22.4. The Bertz CT molecular complexity index is 699. The Kier molecular flexibility index (Phi) is 6.17. The molecule has 2 aromatic rings. The van der Waals surface area contributed by atoms with E-state index >= 15 is 0 Å². The summed E-state index contributed by atoms with van der Waals surface area (Å²) in [6.07, 6.45) is 0.737. The topological polar surface area (TPSA) is 61.8 Å². The minimum Gasteiger partial charge on any atom is -0.490 e. The maximum atomic E-state index is 11.4. The third kappa shape index (κ3) is 4.82. The van der Waals surface area contributed by atoms with Crippen molar-refractivity contribution >= 4 is 28.2 Å². The molecule has 5 nitrogen and oxygen atoms in total. The van der Waals surface area contributed by atoms with Crippen molar-refractivity contribution in [2.45, 2.75) is 0 Å². The second-order valence-corrected chi connectivity index (χ2v) is 5.43. The molecule has 0 aromatic heterocycles. The lowest BCUT2D eigenvalue weighted by Gasteiger charge is -2.10. The van der Waals surface area contributed by atoms with Crippen LogP contribution in [0.2, 0.25) is 0 Å². The normalized spacial score (nSPS) is 10.0. The van der Waals surface area contributed by atoms with Crippen LogP contribution in [0.25, 0.3) is 0 Å². The van der Waals surface area contributed by atoms with Crippen molar-refractivity contribution in [3.05, 3.63) is 58.1 Å². The number of esters is 1. The number of halogens is 1. The molecule has 0 spiro atoms. The number of carbonyl (C=O) groups is 2. The Hall–Kier alpha value is -2.34. The van der Waals surface area contributed by atoms with Gasteiger partial charge in [-0.15, -0.1) is 0 Å². The van der Waals surface area contributed by atoms with Gasteiger partial charge in [-0.2, -0.15) is 0 Å². The van der Waals surface area contributed by atoms with Crippen molar-refractivity contribution in [3.63, 3.8) is 0 Å². The fraction of sp³-hybridized carbons (Fsp3) is 0.176. The molecule has 0 fully saturated rings. The van der Waals surface area contributed by atoms with Gasteiger partial charge in [0, 0.05) is 4.47 Å². The second kappa shape index (κ2) is 8.33. The number of ether oxygens (including phenoxy) is 3. The van der Waals surface area contributed by atoms with Gasteiger partial charge in [-0.1, -0.05) is 22.0 Å². The van der Waals surface area contributed by atoms with E-state index in [0.29, 0.717) is 22.6 Å². The highest BCUT2D eigenvalue weighted by molar-refractivity contribution is 9.10. The zero-order valence-corrected chi connectivity index (χ0v) is 14.0. The number of hydrogen-bond donors (Lipinski definition) is 0. The third-order valence-corrected chi connectivity index (χ3v) is 3.46. The number of rotatable bonds is 7. The van der Waals surface area contributed by atoms with Crippen LogP contribution >= 0.6 is 15.9 Å². The lowest BCUT2D eigenvalue weighted by Crippen LogP contribution is -2.10. The minimum absolute atomic E-state index is 0.269. The average Bonchev–Trinajstić information content (AvgIpc) is 2.59. The molecule has 0 saturated carbocycles. The van der Waals surface area contributed by atoms with Gasteiger partial charge in [-0.3, -0.25) is 4.79 Å². The first-order chi connectivity index (χ1) is 11.1. The van der Waals surface area contributed by atoms with E-state index in [1.54, 1.807) is 42.5 Å². The summed E-state index contributed by atoms with van der Waals surface area (Å²) >= 11 is 3.30. The molecule has 0 aliphatic carbocycles. The lowest BCUT2D eigenvalue weighted by atomic mass is 10.2. The first-order valence-corrected chi connectivity index (χ1v) is 7.62. The van der Waals surface area contributed by atoms with Crippen LogP contribution in [0.5, 0.6) is 11.5 Å². The summed E-state index contributed by atoms with van der Waals surface area (Å²) < 4.78 is 16.5. The van der Waals surface area contributed by atoms with E-state index < -0.39 is 5.97 Å². The highest BCUT2D eigenvalue weighted by Crippen LogP contribution is 2.21. The van der Waals surface area contributed by atoms with Gasteiger partial charge in [0.1, 0.15) is 24.7 Å². The number of aldehydes is 1. The molecule has 0 radical (unpaired) electrons. The van der Waals surface area contributed by atoms with Gasteiger partial charge in [0.25, 0.3) is 0 Å². The zero-order chi connectivity index (χ0) is 16.7. The number of carbonyl (C=O) groups excluding carboxylic acids is 2. The molecule has 0 atom stereocenters. The molecule has 0 bridgehead atoms. The molecule has 0 unspecified atom stereocenters. The van der Waals surface area contributed by atoms with E-state index in [2.05, 4.69) is 20.7 Å². The summed E-state index contributed by atoms with van der Waals surface area (Å²) in [5, 5.41) is 0. The molecule has 0 aliphatic rings. The first-order valence-electron chi connectivity index (χ1n) is 6.82. The molecule has 23 heavy (non-hydrogen) atoms. The molecule has 0 aliphatic heterocycles. The van der Waals surface area contributed by atoms with Crippen LogP contribution in [0.15, 0.2) is 46.9 Å². The van der Waals surface area contributed by atoms with Gasteiger partial charge < -0.3 is 14.2 Å². The maximum Gasteiger partial charge on any atom is 0.337 e. The van der Waals surface area contributed by atoms with Gasteiger partial charge in [0.2, 0.25) is 0 Å². The summed E-state index contributed by atoms with van der Waals surface area (Å²) in [5.74, 6) is 0.621. The van der Waals surface area contributed by atoms with Gasteiger partial charge in [-0.05, 0) is 36.4 Å². The Morgan fingerprint density at radius 1 is 1.13 bits per heavy atom. The van der Waals surface area contributed by atoms with Crippen molar-refractivity contribution < 1.29 is 23.8 Å². The van der Waals surface area contributed by atoms with Crippen LogP contribution < -0.4 is 9.47 Å². The van der Waals surface area contributed by atoms with Crippen LogP contribution in [0.3, 0.4) is 0 Å². The van der Waals surface area contributed by atoms with Crippen LogP contribution in [-0.2, 0) is 4.74 Å². The monoisotopic (exact) mass is 378 g/mol. The van der Waals surface area contributed by atoms with Crippen molar-refractivity contribution in [2.75, 3.05) is 20.3 Å². The highest BCUT2D eigenvalue weighted by atomic mass is 79.9. The van der Waals surface area contributed by atoms with Crippen LogP contribution in [0.1, 0.15) is 20.7 Å². The lowest BCUT2D eigenvalue weighted by molar-refractivity contribution is 0.0600. The van der Waals surface area contributed by atoms with E-state index in [0.717, 1.165) is 10.8 Å². The zero-order valence-electron chi connectivity index (χ0n) is 12.5. The predicted octanol–water partition coefficient (Wildman–Crippen LogP) is 3.51. The third-order valence-electron chi connectivity index (χ3n) is 2.96. The summed E-state index contributed by atoms with van der Waals surface area (Å²) in [5.41, 5.74) is 0.883. The molecular formula is C17H15BrO5. The van der Waals surface area contributed by atoms with Gasteiger partial charge in [0.05, 0.1) is 18.2 Å². The standard InChI is InChI=1S/C17H15BrO5/c1-21-17(20)12-3-2-4-15(10-12)22-7-8-23-16-6-5-14(18)9-13(16)11-19/h2-6,9-11H,7-8H2,1H3. The Balaban J connectivity index is 1.88. The SMILES string of the molecule is COC(=O)c1cccc(OCCOc2ccc(Br)cc2C=O)c1. The number of methoxy groups -OCH3 is 1. The first kappa shape index (κ1) is 17.0. The van der Waals surface area contributed by atoms with Crippen LogP contribution in [-0.4, -0.2) is 32.6 Å². The van der Waals surface area contributed by atoms with Gasteiger partial charge in [-0.25, -0.2) is 4.79 Å².